The van der Waals surface area contributed by atoms with Gasteiger partial charge in [0.2, 0.25) is 5.91 Å². The highest BCUT2D eigenvalue weighted by Gasteiger charge is 2.46. The lowest BCUT2D eigenvalue weighted by atomic mass is 10.00. The molecule has 1 aliphatic rings. The summed E-state index contributed by atoms with van der Waals surface area (Å²) in [4.78, 5) is 44.5. The molecule has 0 radical (unpaired) electrons. The number of nitrogens with one attached hydrogen (secondary N) is 2. The van der Waals surface area contributed by atoms with Crippen LogP contribution in [0.3, 0.4) is 0 Å². The molecule has 8 nitrogen and oxygen atoms in total. The van der Waals surface area contributed by atoms with Gasteiger partial charge in [0, 0.05) is 36.1 Å². The quantitative estimate of drug-likeness (QED) is 0.301. The lowest BCUT2D eigenvalue weighted by Crippen LogP contribution is -2.46. The Hall–Kier alpha value is -5.12. The maximum absolute atomic E-state index is 13.5. The van der Waals surface area contributed by atoms with Crippen molar-refractivity contribution in [3.63, 3.8) is 0 Å². The van der Waals surface area contributed by atoms with Crippen LogP contribution in [0.15, 0.2) is 97.2 Å². The zero-order chi connectivity index (χ0) is 28.8. The SMILES string of the molecule is O=C(Nc1ccc([C@@H]2OC(=O)N(Cc3ccc(F)cc3)[C@H]2C(=O)NCCc2ccccn2)cc1)c1ccc(F)cc1. The predicted molar refractivity (Wildman–Crippen MR) is 147 cm³/mol. The molecule has 0 aliphatic carbocycles. The summed E-state index contributed by atoms with van der Waals surface area (Å²) < 4.78 is 32.3. The van der Waals surface area contributed by atoms with Crippen molar-refractivity contribution in [2.75, 3.05) is 11.9 Å². The van der Waals surface area contributed by atoms with Crippen LogP contribution in [0.25, 0.3) is 0 Å². The second kappa shape index (κ2) is 12.4. The molecule has 1 aromatic heterocycles. The summed E-state index contributed by atoms with van der Waals surface area (Å²) in [5.74, 6) is -1.68. The Labute approximate surface area is 235 Å². The van der Waals surface area contributed by atoms with E-state index in [2.05, 4.69) is 15.6 Å². The first kappa shape index (κ1) is 27.4. The van der Waals surface area contributed by atoms with Gasteiger partial charge >= 0.3 is 6.09 Å². The van der Waals surface area contributed by atoms with Crippen molar-refractivity contribution >= 4 is 23.6 Å². The molecule has 4 aromatic rings. The molecule has 3 amide bonds. The fraction of sp³-hybridized carbons (Fsp3) is 0.161. The van der Waals surface area contributed by atoms with E-state index in [9.17, 15) is 23.2 Å². The predicted octanol–water partition coefficient (Wildman–Crippen LogP) is 5.03. The average molecular weight is 557 g/mol. The van der Waals surface area contributed by atoms with Crippen LogP contribution in [-0.4, -0.2) is 40.4 Å². The van der Waals surface area contributed by atoms with Crippen molar-refractivity contribution < 1.29 is 27.9 Å². The van der Waals surface area contributed by atoms with E-state index in [-0.39, 0.29) is 6.54 Å². The summed E-state index contributed by atoms with van der Waals surface area (Å²) in [5.41, 5.74) is 2.74. The first-order chi connectivity index (χ1) is 19.9. The third-order valence-corrected chi connectivity index (χ3v) is 6.63. The van der Waals surface area contributed by atoms with Crippen molar-refractivity contribution in [2.45, 2.75) is 25.1 Å². The van der Waals surface area contributed by atoms with Crippen LogP contribution in [0.1, 0.15) is 33.3 Å². The number of cyclic esters (lactones) is 1. The van der Waals surface area contributed by atoms with E-state index in [0.717, 1.165) is 5.69 Å². The number of carbonyl (C=O) groups excluding carboxylic acids is 3. The maximum Gasteiger partial charge on any atom is 0.411 e. The molecular formula is C31H26F2N4O4. The number of ether oxygens (including phenoxy) is 1. The van der Waals surface area contributed by atoms with Crippen LogP contribution >= 0.6 is 0 Å². The first-order valence-electron chi connectivity index (χ1n) is 12.9. The topological polar surface area (TPSA) is 101 Å². The summed E-state index contributed by atoms with van der Waals surface area (Å²) in [5, 5.41) is 5.61. The molecule has 2 atom stereocenters. The van der Waals surface area contributed by atoms with Gasteiger partial charge in [0.15, 0.2) is 12.1 Å². The minimum atomic E-state index is -1.00. The number of nitrogens with zero attached hydrogens (tertiary/aromatic N) is 2. The number of amides is 3. The molecule has 10 heteroatoms. The van der Waals surface area contributed by atoms with Gasteiger partial charge in [-0.15, -0.1) is 0 Å². The Morgan fingerprint density at radius 1 is 0.878 bits per heavy atom. The highest BCUT2D eigenvalue weighted by molar-refractivity contribution is 6.04. The molecule has 0 saturated carbocycles. The number of rotatable bonds is 9. The monoisotopic (exact) mass is 556 g/mol. The summed E-state index contributed by atoms with van der Waals surface area (Å²) in [6.07, 6.45) is 0.559. The Kier molecular flexibility index (Phi) is 8.28. The number of carbonyl (C=O) groups is 3. The van der Waals surface area contributed by atoms with E-state index in [4.69, 9.17) is 4.74 Å². The number of aromatic nitrogens is 1. The second-order valence-corrected chi connectivity index (χ2v) is 9.45. The van der Waals surface area contributed by atoms with E-state index in [0.29, 0.717) is 35.3 Å². The molecule has 5 rings (SSSR count). The fourth-order valence-electron chi connectivity index (χ4n) is 4.52. The molecule has 1 saturated heterocycles. The van der Waals surface area contributed by atoms with Crippen LogP contribution < -0.4 is 10.6 Å². The van der Waals surface area contributed by atoms with Gasteiger partial charge in [0.05, 0.1) is 6.54 Å². The van der Waals surface area contributed by atoms with Crippen molar-refractivity contribution in [3.05, 3.63) is 131 Å². The number of halogens is 2. The Morgan fingerprint density at radius 3 is 2.22 bits per heavy atom. The zero-order valence-electron chi connectivity index (χ0n) is 21.8. The molecule has 0 bridgehead atoms. The van der Waals surface area contributed by atoms with E-state index in [1.807, 2.05) is 12.1 Å². The standard InChI is InChI=1S/C31H26F2N4O4/c32-23-10-4-20(5-11-23)19-37-27(30(39)35-18-16-25-3-1-2-17-34-25)28(41-31(37)40)21-8-14-26(15-9-21)36-29(38)22-6-12-24(33)13-7-22/h1-15,17,27-28H,16,18-19H2,(H,35,39)(H,36,38)/t27-,28+/m1/s1. The van der Waals surface area contributed by atoms with Crippen molar-refractivity contribution in [3.8, 4) is 0 Å². The lowest BCUT2D eigenvalue weighted by Gasteiger charge is -2.24. The maximum atomic E-state index is 13.5. The summed E-state index contributed by atoms with van der Waals surface area (Å²) in [7, 11) is 0. The van der Waals surface area contributed by atoms with E-state index in [1.165, 1.54) is 41.3 Å². The molecule has 0 spiro atoms. The molecule has 1 fully saturated rings. The van der Waals surface area contributed by atoms with Crippen LogP contribution in [0, 0.1) is 11.6 Å². The van der Waals surface area contributed by atoms with Gasteiger partial charge in [0.25, 0.3) is 5.91 Å². The number of benzene rings is 3. The van der Waals surface area contributed by atoms with Crippen LogP contribution in [0.5, 0.6) is 0 Å². The molecule has 2 heterocycles. The van der Waals surface area contributed by atoms with Crippen LogP contribution in [0.2, 0.25) is 0 Å². The fourth-order valence-corrected chi connectivity index (χ4v) is 4.52. The van der Waals surface area contributed by atoms with Gasteiger partial charge in [-0.1, -0.05) is 30.3 Å². The largest absolute Gasteiger partial charge is 0.438 e. The van der Waals surface area contributed by atoms with E-state index < -0.39 is 41.7 Å². The van der Waals surface area contributed by atoms with Gasteiger partial charge < -0.3 is 15.4 Å². The van der Waals surface area contributed by atoms with Crippen LogP contribution in [-0.2, 0) is 22.5 Å². The molecule has 1 aliphatic heterocycles. The van der Waals surface area contributed by atoms with Gasteiger partial charge in [-0.25, -0.2) is 13.6 Å². The number of hydrogen-bond donors (Lipinski definition) is 2. The first-order valence-corrected chi connectivity index (χ1v) is 12.9. The summed E-state index contributed by atoms with van der Waals surface area (Å²) in [6.45, 7) is 0.339. The third-order valence-electron chi connectivity index (χ3n) is 6.63. The smallest absolute Gasteiger partial charge is 0.411 e. The molecule has 0 unspecified atom stereocenters. The number of pyridine rings is 1. The van der Waals surface area contributed by atoms with Crippen LogP contribution in [0.4, 0.5) is 19.3 Å². The van der Waals surface area contributed by atoms with E-state index >= 15 is 0 Å². The number of anilines is 1. The molecule has 41 heavy (non-hydrogen) atoms. The van der Waals surface area contributed by atoms with E-state index in [1.54, 1.807) is 48.7 Å². The Bertz CT molecular complexity index is 1520. The Morgan fingerprint density at radius 2 is 1.56 bits per heavy atom. The van der Waals surface area contributed by atoms with Crippen molar-refractivity contribution in [1.82, 2.24) is 15.2 Å². The van der Waals surface area contributed by atoms with Gasteiger partial charge in [-0.2, -0.15) is 0 Å². The molecule has 3 aromatic carbocycles. The molecule has 2 N–H and O–H groups in total. The number of hydrogen-bond acceptors (Lipinski definition) is 5. The normalized spacial score (nSPS) is 16.2. The average Bonchev–Trinajstić information content (AvgIpc) is 3.31. The summed E-state index contributed by atoms with van der Waals surface area (Å²) >= 11 is 0. The van der Waals surface area contributed by atoms with Gasteiger partial charge in [0.1, 0.15) is 11.6 Å². The molecule has 208 valence electrons. The highest BCUT2D eigenvalue weighted by atomic mass is 19.1. The third kappa shape index (κ3) is 6.73. The zero-order valence-corrected chi connectivity index (χ0v) is 21.8. The minimum Gasteiger partial charge on any atom is -0.438 e. The van der Waals surface area contributed by atoms with Crippen molar-refractivity contribution in [2.24, 2.45) is 0 Å². The molecular weight excluding hydrogens is 530 g/mol. The minimum absolute atomic E-state index is 0.0414. The van der Waals surface area contributed by atoms with Gasteiger partial charge in [-0.3, -0.25) is 19.5 Å². The highest BCUT2D eigenvalue weighted by Crippen LogP contribution is 2.34. The summed E-state index contributed by atoms with van der Waals surface area (Å²) in [6, 6.07) is 21.9. The van der Waals surface area contributed by atoms with Crippen molar-refractivity contribution in [1.29, 1.82) is 0 Å². The Balaban J connectivity index is 1.33. The second-order valence-electron chi connectivity index (χ2n) is 9.45. The lowest BCUT2D eigenvalue weighted by molar-refractivity contribution is -0.126. The van der Waals surface area contributed by atoms with Gasteiger partial charge in [-0.05, 0) is 71.8 Å².